The Labute approximate surface area is 289 Å². The number of ether oxygens (including phenoxy) is 1. The highest BCUT2D eigenvalue weighted by molar-refractivity contribution is 7.75. The predicted molar refractivity (Wildman–Crippen MR) is 195 cm³/mol. The third-order valence-electron chi connectivity index (χ3n) is 10.5. The molecule has 2 N–H and O–H groups in total. The van der Waals surface area contributed by atoms with E-state index in [1.165, 1.54) is 27.9 Å². The second-order valence-electron chi connectivity index (χ2n) is 13.6. The van der Waals surface area contributed by atoms with Gasteiger partial charge in [-0.3, -0.25) is 9.59 Å². The van der Waals surface area contributed by atoms with Crippen molar-refractivity contribution in [2.24, 2.45) is 5.41 Å². The molecule has 1 saturated heterocycles. The molecule has 2 atom stereocenters. The molecule has 3 aromatic carbocycles. The number of likely N-dealkylation sites (tertiary alicyclic amines) is 1. The van der Waals surface area contributed by atoms with Crippen molar-refractivity contribution in [1.82, 2.24) is 20.3 Å². The molecule has 7 rings (SSSR count). The molecule has 9 heteroatoms. The van der Waals surface area contributed by atoms with Crippen molar-refractivity contribution in [2.75, 3.05) is 34.3 Å². The molecule has 1 aliphatic carbocycles. The zero-order valence-electron chi connectivity index (χ0n) is 28.7. The summed E-state index contributed by atoms with van der Waals surface area (Å²) in [7, 11) is 5.45. The number of hydrogen-bond acceptors (Lipinski definition) is 6. The molecule has 0 radical (unpaired) electrons. The van der Waals surface area contributed by atoms with Gasteiger partial charge in [0.15, 0.2) is 0 Å². The van der Waals surface area contributed by atoms with E-state index in [1.807, 2.05) is 38.4 Å². The van der Waals surface area contributed by atoms with E-state index in [1.54, 1.807) is 7.11 Å². The minimum absolute atomic E-state index is 0.105. The highest BCUT2D eigenvalue weighted by Gasteiger charge is 2.64. The van der Waals surface area contributed by atoms with Gasteiger partial charge in [-0.1, -0.05) is 63.1 Å². The molecule has 2 amide bonds. The van der Waals surface area contributed by atoms with Crippen LogP contribution in [0.3, 0.4) is 0 Å². The lowest BCUT2D eigenvalue weighted by molar-refractivity contribution is -0.142. The Hall–Kier alpha value is -3.79. The van der Waals surface area contributed by atoms with E-state index in [0.717, 1.165) is 61.8 Å². The van der Waals surface area contributed by atoms with Crippen molar-refractivity contribution >= 4 is 35.6 Å². The maximum absolute atomic E-state index is 14.6. The van der Waals surface area contributed by atoms with Gasteiger partial charge >= 0.3 is 0 Å². The number of thiol groups is 1. The average Bonchev–Trinajstić information content (AvgIpc) is 3.75. The lowest BCUT2D eigenvalue weighted by Gasteiger charge is -2.42. The number of fused-ring (bicyclic) bond motifs is 7. The summed E-state index contributed by atoms with van der Waals surface area (Å²) in [5.41, 5.74) is 9.45. The third kappa shape index (κ3) is 6.01. The second kappa shape index (κ2) is 14.4. The van der Waals surface area contributed by atoms with Gasteiger partial charge in [0.25, 0.3) is 5.91 Å². The van der Waals surface area contributed by atoms with E-state index in [4.69, 9.17) is 4.74 Å². The number of hydrogen-bond donors (Lipinski definition) is 3. The van der Waals surface area contributed by atoms with Gasteiger partial charge in [-0.25, -0.2) is 9.76 Å². The quantitative estimate of drug-likeness (QED) is 0.0929. The maximum atomic E-state index is 14.6. The number of carbonyl (C=O) groups is 2. The van der Waals surface area contributed by atoms with Crippen LogP contribution in [0.5, 0.6) is 5.75 Å². The van der Waals surface area contributed by atoms with E-state index < -0.39 is 5.41 Å². The van der Waals surface area contributed by atoms with Gasteiger partial charge in [0.05, 0.1) is 18.2 Å². The first kappa shape index (κ1) is 34.1. The molecule has 3 aliphatic rings. The Morgan fingerprint density at radius 2 is 1.71 bits per heavy atom. The Morgan fingerprint density at radius 1 is 1.00 bits per heavy atom. The Kier molecular flexibility index (Phi) is 10.2. The normalized spacial score (nSPS) is 19.3. The maximum Gasteiger partial charge on any atom is 0.275 e. The van der Waals surface area contributed by atoms with Gasteiger partial charge in [-0.2, -0.15) is 0 Å². The minimum atomic E-state index is -0.547. The van der Waals surface area contributed by atoms with E-state index in [-0.39, 0.29) is 17.7 Å². The molecule has 0 bridgehead atoms. The lowest BCUT2D eigenvalue weighted by Crippen LogP contribution is -2.52. The first-order chi connectivity index (χ1) is 23.3. The average molecular weight is 669 g/mol. The van der Waals surface area contributed by atoms with Gasteiger partial charge < -0.3 is 19.5 Å². The predicted octanol–water partition coefficient (Wildman–Crippen LogP) is 7.46. The van der Waals surface area contributed by atoms with Gasteiger partial charge in [0.2, 0.25) is 5.91 Å². The highest BCUT2D eigenvalue weighted by atomic mass is 32.1. The van der Waals surface area contributed by atoms with Crippen molar-refractivity contribution in [3.05, 3.63) is 89.0 Å². The van der Waals surface area contributed by atoms with Gasteiger partial charge in [-0.15, -0.1) is 0 Å². The summed E-state index contributed by atoms with van der Waals surface area (Å²) in [6.07, 6.45) is 5.10. The number of aromatic nitrogens is 1. The van der Waals surface area contributed by atoms with Crippen LogP contribution in [0.15, 0.2) is 66.7 Å². The first-order valence-electron chi connectivity index (χ1n) is 17.2. The fourth-order valence-electron chi connectivity index (χ4n) is 8.16. The second-order valence-corrected chi connectivity index (χ2v) is 13.7. The van der Waals surface area contributed by atoms with Crippen molar-refractivity contribution < 1.29 is 18.6 Å². The lowest BCUT2D eigenvalue weighted by atomic mass is 9.85. The van der Waals surface area contributed by atoms with E-state index in [2.05, 4.69) is 93.8 Å². The smallest absolute Gasteiger partial charge is 0.275 e. The van der Waals surface area contributed by atoms with Gasteiger partial charge in [-0.05, 0) is 86.3 Å². The number of methoxy groups -OCH3 is 1. The van der Waals surface area contributed by atoms with Crippen molar-refractivity contribution in [3.8, 4) is 17.0 Å². The van der Waals surface area contributed by atoms with Crippen molar-refractivity contribution in [2.45, 2.75) is 70.3 Å². The fourth-order valence-corrected chi connectivity index (χ4v) is 8.24. The van der Waals surface area contributed by atoms with Crippen LogP contribution in [0.25, 0.3) is 22.2 Å². The number of nitrogens with zero attached hydrogens (tertiary/aromatic N) is 2. The zero-order valence-corrected chi connectivity index (χ0v) is 29.6. The summed E-state index contributed by atoms with van der Waals surface area (Å²) in [4.78, 5) is 29.5. The number of carbonyl (C=O) groups excluding carboxylic acids is 2. The number of rotatable bonds is 10. The third-order valence-corrected chi connectivity index (χ3v) is 10.5. The first-order valence-corrected chi connectivity index (χ1v) is 17.6. The molecule has 254 valence electrons. The highest BCUT2D eigenvalue weighted by Crippen LogP contribution is 2.66. The minimum Gasteiger partial charge on any atom is -0.497 e. The molecule has 2 unspecified atom stereocenters. The molecular formula is C39H48N4O4S. The number of nitrogens with one attached hydrogen (secondary N) is 2. The molecular weight excluding hydrogens is 621 g/mol. The van der Waals surface area contributed by atoms with Crippen molar-refractivity contribution in [1.29, 1.82) is 0 Å². The summed E-state index contributed by atoms with van der Waals surface area (Å²) in [6.45, 7) is 6.56. The molecule has 1 aromatic heterocycles. The SMILES string of the molecule is CCCC(CCC)c1c2n(c3cc(C(=O)NOS)ccc13)CC1(C(=O)N3CC(c4ccccc4)C3)CC1c1cc(OC)ccc1-2.CNC. The zero-order chi connectivity index (χ0) is 34.0. The van der Waals surface area contributed by atoms with Crippen LogP contribution in [0.4, 0.5) is 0 Å². The van der Waals surface area contributed by atoms with Crippen LogP contribution in [-0.4, -0.2) is 55.6 Å². The molecule has 0 spiro atoms. The molecule has 8 nitrogen and oxygen atoms in total. The molecule has 48 heavy (non-hydrogen) atoms. The standard InChI is InChI=1S/C37H41N3O4S.C2H7N/c1-4-9-24(10-5-2)33-29-15-13-25(35(41)38-44-45)17-32(29)40-22-37(36(42)39-20-26(21-39)23-11-7-6-8-12-23)19-31(37)30-18-27(43-3)14-16-28(30)34(33)40;1-3-2/h6-8,11-18,24,26,31,45H,4-5,9-10,19-22H2,1-3H3,(H,38,41);3H,1-2H3. The van der Waals surface area contributed by atoms with Crippen LogP contribution in [-0.2, 0) is 15.6 Å². The Bertz CT molecular complexity index is 1780. The largest absolute Gasteiger partial charge is 0.497 e. The van der Waals surface area contributed by atoms with Crippen LogP contribution < -0.4 is 15.5 Å². The van der Waals surface area contributed by atoms with Crippen LogP contribution >= 0.6 is 12.9 Å². The van der Waals surface area contributed by atoms with E-state index in [9.17, 15) is 9.59 Å². The number of benzene rings is 3. The summed E-state index contributed by atoms with van der Waals surface area (Å²) < 4.78 is 12.8. The summed E-state index contributed by atoms with van der Waals surface area (Å²) >= 11 is 3.73. The van der Waals surface area contributed by atoms with E-state index >= 15 is 0 Å². The molecule has 3 heterocycles. The molecule has 4 aromatic rings. The van der Waals surface area contributed by atoms with Crippen molar-refractivity contribution in [3.63, 3.8) is 0 Å². The van der Waals surface area contributed by atoms with Gasteiger partial charge in [0.1, 0.15) is 5.75 Å². The van der Waals surface area contributed by atoms with Gasteiger partial charge in [0, 0.05) is 66.4 Å². The summed E-state index contributed by atoms with van der Waals surface area (Å²) in [6, 6.07) is 22.8. The van der Waals surface area contributed by atoms with Crippen LogP contribution in [0.2, 0.25) is 0 Å². The van der Waals surface area contributed by atoms with Crippen LogP contribution in [0, 0.1) is 5.41 Å². The van der Waals surface area contributed by atoms with E-state index in [0.29, 0.717) is 23.9 Å². The Morgan fingerprint density at radius 3 is 2.35 bits per heavy atom. The Balaban J connectivity index is 0.00000129. The van der Waals surface area contributed by atoms with Crippen LogP contribution in [0.1, 0.15) is 90.8 Å². The monoisotopic (exact) mass is 668 g/mol. The number of hydroxylamine groups is 1. The topological polar surface area (TPSA) is 84.8 Å². The fraction of sp³-hybridized carbons (Fsp3) is 0.436. The molecule has 1 saturated carbocycles. The number of amides is 2. The summed E-state index contributed by atoms with van der Waals surface area (Å²) in [5, 5.41) is 3.90. The summed E-state index contributed by atoms with van der Waals surface area (Å²) in [5.74, 6) is 1.52. The molecule has 2 aliphatic heterocycles. The molecule has 2 fully saturated rings.